The molecule has 0 aliphatic heterocycles. The lowest BCUT2D eigenvalue weighted by atomic mass is 9.96. The van der Waals surface area contributed by atoms with E-state index < -0.39 is 5.54 Å². The molecule has 1 N–H and O–H groups in total. The van der Waals surface area contributed by atoms with Crippen LogP contribution in [0.4, 0.5) is 0 Å². The SMILES string of the molecule is CNC(C)(CC(C)Sc1cnn(C)c1)C(=O)OC. The zero-order chi connectivity index (χ0) is 13.8. The second kappa shape index (κ2) is 6.24. The molecule has 0 aliphatic carbocycles. The molecule has 1 heterocycles. The van der Waals surface area contributed by atoms with Crippen molar-refractivity contribution in [3.63, 3.8) is 0 Å². The highest BCUT2D eigenvalue weighted by Gasteiger charge is 2.34. The van der Waals surface area contributed by atoms with Crippen LogP contribution in [0.15, 0.2) is 17.3 Å². The van der Waals surface area contributed by atoms with Gasteiger partial charge in [0.05, 0.1) is 13.3 Å². The lowest BCUT2D eigenvalue weighted by Gasteiger charge is -2.28. The number of carbonyl (C=O) groups is 1. The minimum Gasteiger partial charge on any atom is -0.468 e. The van der Waals surface area contributed by atoms with Crippen LogP contribution in [0.3, 0.4) is 0 Å². The van der Waals surface area contributed by atoms with Crippen molar-refractivity contribution in [2.24, 2.45) is 7.05 Å². The summed E-state index contributed by atoms with van der Waals surface area (Å²) in [5, 5.41) is 7.45. The van der Waals surface area contributed by atoms with Crippen molar-refractivity contribution in [3.05, 3.63) is 12.4 Å². The smallest absolute Gasteiger partial charge is 0.325 e. The van der Waals surface area contributed by atoms with Crippen molar-refractivity contribution in [1.29, 1.82) is 0 Å². The van der Waals surface area contributed by atoms with Crippen molar-refractivity contribution in [3.8, 4) is 0 Å². The summed E-state index contributed by atoms with van der Waals surface area (Å²) in [5.74, 6) is -0.233. The van der Waals surface area contributed by atoms with E-state index in [9.17, 15) is 4.79 Å². The Bertz CT molecular complexity index is 408. The first-order chi connectivity index (χ1) is 8.41. The number of ether oxygens (including phenoxy) is 1. The number of rotatable bonds is 6. The summed E-state index contributed by atoms with van der Waals surface area (Å²) in [7, 11) is 5.08. The van der Waals surface area contributed by atoms with E-state index in [1.54, 1.807) is 23.5 Å². The zero-order valence-electron chi connectivity index (χ0n) is 11.6. The van der Waals surface area contributed by atoms with E-state index in [0.717, 1.165) is 4.90 Å². The number of aromatic nitrogens is 2. The number of nitrogens with one attached hydrogen (secondary N) is 1. The fourth-order valence-electron chi connectivity index (χ4n) is 1.82. The molecule has 0 radical (unpaired) electrons. The molecule has 0 aliphatic rings. The Morgan fingerprint density at radius 2 is 2.39 bits per heavy atom. The van der Waals surface area contributed by atoms with Gasteiger partial charge < -0.3 is 10.1 Å². The number of thioether (sulfide) groups is 1. The molecule has 0 bridgehead atoms. The van der Waals surface area contributed by atoms with Crippen LogP contribution in [-0.2, 0) is 16.6 Å². The van der Waals surface area contributed by atoms with Gasteiger partial charge in [-0.3, -0.25) is 9.48 Å². The van der Waals surface area contributed by atoms with Gasteiger partial charge in [-0.1, -0.05) is 6.92 Å². The van der Waals surface area contributed by atoms with Gasteiger partial charge in [0.2, 0.25) is 0 Å². The van der Waals surface area contributed by atoms with Crippen molar-refractivity contribution >= 4 is 17.7 Å². The first-order valence-corrected chi connectivity index (χ1v) is 6.72. The Labute approximate surface area is 112 Å². The minimum atomic E-state index is -0.649. The average molecular weight is 271 g/mol. The summed E-state index contributed by atoms with van der Waals surface area (Å²) < 4.78 is 6.60. The maximum absolute atomic E-state index is 11.7. The first-order valence-electron chi connectivity index (χ1n) is 5.84. The Kier molecular flexibility index (Phi) is 5.22. The number of nitrogens with zero attached hydrogens (tertiary/aromatic N) is 2. The van der Waals surface area contributed by atoms with Gasteiger partial charge >= 0.3 is 5.97 Å². The Morgan fingerprint density at radius 1 is 1.72 bits per heavy atom. The lowest BCUT2D eigenvalue weighted by Crippen LogP contribution is -2.49. The second-order valence-corrected chi connectivity index (χ2v) is 6.07. The molecular formula is C12H21N3O2S. The molecule has 102 valence electrons. The van der Waals surface area contributed by atoms with E-state index in [-0.39, 0.29) is 11.2 Å². The fraction of sp³-hybridized carbons (Fsp3) is 0.667. The minimum absolute atomic E-state index is 0.233. The molecule has 1 rings (SSSR count). The van der Waals surface area contributed by atoms with Gasteiger partial charge in [-0.15, -0.1) is 11.8 Å². The van der Waals surface area contributed by atoms with Crippen molar-refractivity contribution in [1.82, 2.24) is 15.1 Å². The molecule has 6 heteroatoms. The molecule has 0 saturated carbocycles. The average Bonchev–Trinajstić information content (AvgIpc) is 2.73. The van der Waals surface area contributed by atoms with Crippen molar-refractivity contribution in [2.45, 2.75) is 36.0 Å². The number of hydrogen-bond acceptors (Lipinski definition) is 5. The molecular weight excluding hydrogens is 250 g/mol. The summed E-state index contributed by atoms with van der Waals surface area (Å²) in [5.41, 5.74) is -0.649. The van der Waals surface area contributed by atoms with Crippen LogP contribution in [0.2, 0.25) is 0 Å². The van der Waals surface area contributed by atoms with Gasteiger partial charge in [0.25, 0.3) is 0 Å². The Balaban J connectivity index is 2.62. The maximum Gasteiger partial charge on any atom is 0.325 e. The summed E-state index contributed by atoms with van der Waals surface area (Å²) in [6, 6.07) is 0. The summed E-state index contributed by atoms with van der Waals surface area (Å²) in [4.78, 5) is 12.9. The number of esters is 1. The van der Waals surface area contributed by atoms with Crippen LogP contribution in [0.1, 0.15) is 20.3 Å². The van der Waals surface area contributed by atoms with Crippen LogP contribution in [-0.4, -0.2) is 40.7 Å². The molecule has 0 saturated heterocycles. The van der Waals surface area contributed by atoms with Gasteiger partial charge in [-0.2, -0.15) is 5.10 Å². The van der Waals surface area contributed by atoms with Crippen LogP contribution in [0, 0.1) is 0 Å². The first kappa shape index (κ1) is 15.0. The second-order valence-electron chi connectivity index (χ2n) is 4.56. The fourth-order valence-corrected chi connectivity index (χ4v) is 3.02. The number of carbonyl (C=O) groups excluding carboxylic acids is 1. The van der Waals surface area contributed by atoms with Gasteiger partial charge in [-0.05, 0) is 20.4 Å². The largest absolute Gasteiger partial charge is 0.468 e. The third-order valence-corrected chi connectivity index (χ3v) is 3.95. The molecule has 2 unspecified atom stereocenters. The molecule has 0 amide bonds. The van der Waals surface area contributed by atoms with Crippen molar-refractivity contribution in [2.75, 3.05) is 14.2 Å². The van der Waals surface area contributed by atoms with E-state index in [4.69, 9.17) is 4.74 Å². The van der Waals surface area contributed by atoms with Crippen LogP contribution < -0.4 is 5.32 Å². The Morgan fingerprint density at radius 3 is 2.83 bits per heavy atom. The molecule has 0 spiro atoms. The Hall–Kier alpha value is -1.01. The number of likely N-dealkylation sites (N-methyl/N-ethyl adjacent to an activating group) is 1. The molecule has 0 fully saturated rings. The van der Waals surface area contributed by atoms with Crippen LogP contribution >= 0.6 is 11.8 Å². The highest BCUT2D eigenvalue weighted by molar-refractivity contribution is 7.99. The van der Waals surface area contributed by atoms with Crippen LogP contribution in [0.5, 0.6) is 0 Å². The predicted octanol–water partition coefficient (Wildman–Crippen LogP) is 1.44. The molecule has 18 heavy (non-hydrogen) atoms. The predicted molar refractivity (Wildman–Crippen MR) is 72.6 cm³/mol. The number of methoxy groups -OCH3 is 1. The normalized spacial score (nSPS) is 16.1. The molecule has 1 aromatic heterocycles. The summed E-state index contributed by atoms with van der Waals surface area (Å²) in [6.45, 7) is 3.95. The van der Waals surface area contributed by atoms with Gasteiger partial charge in [0, 0.05) is 23.4 Å². The number of hydrogen-bond donors (Lipinski definition) is 1. The standard InChI is InChI=1S/C12H21N3O2S/c1-9(18-10-7-14-15(4)8-10)6-12(2,13-3)11(16)17-5/h7-9,13H,6H2,1-5H3. The molecule has 0 aromatic carbocycles. The van der Waals surface area contributed by atoms with Crippen LogP contribution in [0.25, 0.3) is 0 Å². The zero-order valence-corrected chi connectivity index (χ0v) is 12.4. The molecule has 5 nitrogen and oxygen atoms in total. The van der Waals surface area contributed by atoms with Gasteiger partial charge in [0.1, 0.15) is 5.54 Å². The van der Waals surface area contributed by atoms with E-state index >= 15 is 0 Å². The third kappa shape index (κ3) is 3.74. The van der Waals surface area contributed by atoms with E-state index in [1.165, 1.54) is 7.11 Å². The summed E-state index contributed by atoms with van der Waals surface area (Å²) in [6.07, 6.45) is 4.49. The molecule has 2 atom stereocenters. The maximum atomic E-state index is 11.7. The van der Waals surface area contributed by atoms with Gasteiger partial charge in [0.15, 0.2) is 0 Å². The highest BCUT2D eigenvalue weighted by Crippen LogP contribution is 2.28. The van der Waals surface area contributed by atoms with E-state index in [1.807, 2.05) is 26.4 Å². The lowest BCUT2D eigenvalue weighted by molar-refractivity contribution is -0.147. The van der Waals surface area contributed by atoms with E-state index in [0.29, 0.717) is 6.42 Å². The van der Waals surface area contributed by atoms with Gasteiger partial charge in [-0.25, -0.2) is 0 Å². The summed E-state index contributed by atoms with van der Waals surface area (Å²) >= 11 is 1.70. The highest BCUT2D eigenvalue weighted by atomic mass is 32.2. The van der Waals surface area contributed by atoms with Crippen molar-refractivity contribution < 1.29 is 9.53 Å². The third-order valence-electron chi connectivity index (χ3n) is 2.90. The quantitative estimate of drug-likeness (QED) is 0.627. The number of aryl methyl sites for hydroxylation is 1. The molecule has 1 aromatic rings. The van der Waals surface area contributed by atoms with E-state index in [2.05, 4.69) is 17.3 Å². The topological polar surface area (TPSA) is 56.2 Å². The monoisotopic (exact) mass is 271 g/mol.